The molecule has 108 valence electrons. The summed E-state index contributed by atoms with van der Waals surface area (Å²) in [5, 5.41) is 6.16. The van der Waals surface area contributed by atoms with Crippen molar-refractivity contribution in [1.29, 1.82) is 0 Å². The molecule has 0 aliphatic heterocycles. The van der Waals surface area contributed by atoms with Crippen molar-refractivity contribution < 1.29 is 4.79 Å². The first-order valence-electron chi connectivity index (χ1n) is 7.20. The van der Waals surface area contributed by atoms with Gasteiger partial charge in [0.05, 0.1) is 6.04 Å². The highest BCUT2D eigenvalue weighted by Gasteiger charge is 2.10. The van der Waals surface area contributed by atoms with Crippen LogP contribution in [0.1, 0.15) is 47.0 Å². The second-order valence-electron chi connectivity index (χ2n) is 5.25. The van der Waals surface area contributed by atoms with Gasteiger partial charge in [0.25, 0.3) is 0 Å². The quantitative estimate of drug-likeness (QED) is 0.584. The monoisotopic (exact) mass is 257 g/mol. The van der Waals surface area contributed by atoms with Crippen molar-refractivity contribution >= 4 is 5.91 Å². The van der Waals surface area contributed by atoms with E-state index < -0.39 is 0 Å². The summed E-state index contributed by atoms with van der Waals surface area (Å²) in [5.41, 5.74) is 0. The number of amides is 1. The van der Waals surface area contributed by atoms with Gasteiger partial charge >= 0.3 is 0 Å². The first-order valence-corrected chi connectivity index (χ1v) is 7.20. The van der Waals surface area contributed by atoms with Gasteiger partial charge in [0.1, 0.15) is 0 Å². The Kier molecular flexibility index (Phi) is 9.98. The van der Waals surface area contributed by atoms with E-state index in [0.717, 1.165) is 32.5 Å². The Morgan fingerprint density at radius 1 is 1.17 bits per heavy atom. The number of carbonyl (C=O) groups excluding carboxylic acids is 1. The second kappa shape index (κ2) is 10.3. The van der Waals surface area contributed by atoms with E-state index in [-0.39, 0.29) is 11.9 Å². The van der Waals surface area contributed by atoms with Crippen molar-refractivity contribution in [3.63, 3.8) is 0 Å². The lowest BCUT2D eigenvalue weighted by atomic mass is 10.2. The summed E-state index contributed by atoms with van der Waals surface area (Å²) in [6.45, 7) is 11.2. The highest BCUT2D eigenvalue weighted by molar-refractivity contribution is 5.81. The molecule has 0 saturated heterocycles. The smallest absolute Gasteiger partial charge is 0.236 e. The molecule has 0 aromatic rings. The predicted molar refractivity (Wildman–Crippen MR) is 77.8 cm³/mol. The minimum absolute atomic E-state index is 0.0839. The maximum absolute atomic E-state index is 11.6. The third-order valence-electron chi connectivity index (χ3n) is 3.21. The summed E-state index contributed by atoms with van der Waals surface area (Å²) in [4.78, 5) is 13.9. The van der Waals surface area contributed by atoms with E-state index in [0.29, 0.717) is 6.04 Å². The van der Waals surface area contributed by atoms with Crippen molar-refractivity contribution in [3.8, 4) is 0 Å². The van der Waals surface area contributed by atoms with Crippen molar-refractivity contribution in [2.24, 2.45) is 0 Å². The Hall–Kier alpha value is -0.610. The molecule has 0 spiro atoms. The molecular weight excluding hydrogens is 226 g/mol. The largest absolute Gasteiger partial charge is 0.355 e. The maximum Gasteiger partial charge on any atom is 0.236 e. The molecule has 0 fully saturated rings. The van der Waals surface area contributed by atoms with E-state index in [1.807, 2.05) is 6.92 Å². The molecule has 0 aliphatic carbocycles. The van der Waals surface area contributed by atoms with Crippen LogP contribution in [0.15, 0.2) is 0 Å². The summed E-state index contributed by atoms with van der Waals surface area (Å²) in [7, 11) is 2.15. The van der Waals surface area contributed by atoms with Crippen LogP contribution >= 0.6 is 0 Å². The fourth-order valence-corrected chi connectivity index (χ4v) is 1.56. The van der Waals surface area contributed by atoms with Gasteiger partial charge in [-0.3, -0.25) is 4.79 Å². The van der Waals surface area contributed by atoms with Crippen LogP contribution in [0, 0.1) is 0 Å². The number of nitrogens with one attached hydrogen (secondary N) is 2. The molecule has 18 heavy (non-hydrogen) atoms. The first kappa shape index (κ1) is 17.4. The van der Waals surface area contributed by atoms with Crippen LogP contribution in [0.5, 0.6) is 0 Å². The lowest BCUT2D eigenvalue weighted by Crippen LogP contribution is -2.42. The van der Waals surface area contributed by atoms with Crippen molar-refractivity contribution in [2.75, 3.05) is 26.7 Å². The molecule has 0 saturated carbocycles. The lowest BCUT2D eigenvalue weighted by Gasteiger charge is -2.21. The average Bonchev–Trinajstić information content (AvgIpc) is 2.34. The summed E-state index contributed by atoms with van der Waals surface area (Å²) >= 11 is 0. The molecular formula is C14H31N3O. The topological polar surface area (TPSA) is 44.4 Å². The molecule has 4 heteroatoms. The van der Waals surface area contributed by atoms with E-state index in [2.05, 4.69) is 43.4 Å². The van der Waals surface area contributed by atoms with Gasteiger partial charge in [-0.15, -0.1) is 0 Å². The van der Waals surface area contributed by atoms with Gasteiger partial charge in [0.15, 0.2) is 0 Å². The highest BCUT2D eigenvalue weighted by atomic mass is 16.2. The summed E-state index contributed by atoms with van der Waals surface area (Å²) in [5.74, 6) is 0.108. The van der Waals surface area contributed by atoms with Gasteiger partial charge in [-0.05, 0) is 60.2 Å². The number of rotatable bonds is 10. The molecule has 0 rings (SSSR count). The molecule has 1 atom stereocenters. The SMILES string of the molecule is CCCNC(=O)C(C)NCCCCN(C)C(C)C. The van der Waals surface area contributed by atoms with Gasteiger partial charge in [-0.1, -0.05) is 6.92 Å². The van der Waals surface area contributed by atoms with Crippen LogP contribution in [-0.4, -0.2) is 49.6 Å². The molecule has 2 N–H and O–H groups in total. The molecule has 0 bridgehead atoms. The van der Waals surface area contributed by atoms with E-state index in [1.165, 1.54) is 6.42 Å². The first-order chi connectivity index (χ1) is 8.49. The maximum atomic E-state index is 11.6. The van der Waals surface area contributed by atoms with Crippen LogP contribution < -0.4 is 10.6 Å². The van der Waals surface area contributed by atoms with Crippen molar-refractivity contribution in [3.05, 3.63) is 0 Å². The Balaban J connectivity index is 3.51. The Bertz CT molecular complexity index is 219. The molecule has 0 aromatic heterocycles. The van der Waals surface area contributed by atoms with E-state index in [9.17, 15) is 4.79 Å². The van der Waals surface area contributed by atoms with E-state index in [4.69, 9.17) is 0 Å². The molecule has 1 amide bonds. The Labute approximate surface area is 113 Å². The van der Waals surface area contributed by atoms with Crippen LogP contribution in [0.3, 0.4) is 0 Å². The van der Waals surface area contributed by atoms with Crippen LogP contribution in [-0.2, 0) is 4.79 Å². The molecule has 4 nitrogen and oxygen atoms in total. The fraction of sp³-hybridized carbons (Fsp3) is 0.929. The minimum Gasteiger partial charge on any atom is -0.355 e. The lowest BCUT2D eigenvalue weighted by molar-refractivity contribution is -0.122. The molecule has 0 aromatic carbocycles. The standard InChI is InChI=1S/C14H31N3O/c1-6-9-16-14(18)13(4)15-10-7-8-11-17(5)12(2)3/h12-13,15H,6-11H2,1-5H3,(H,16,18). The normalized spacial score (nSPS) is 13.1. The van der Waals surface area contributed by atoms with Gasteiger partial charge in [-0.2, -0.15) is 0 Å². The van der Waals surface area contributed by atoms with Gasteiger partial charge in [-0.25, -0.2) is 0 Å². The van der Waals surface area contributed by atoms with Crippen LogP contribution in [0.4, 0.5) is 0 Å². The summed E-state index contributed by atoms with van der Waals surface area (Å²) in [6, 6.07) is 0.524. The van der Waals surface area contributed by atoms with Gasteiger partial charge < -0.3 is 15.5 Å². The number of hydrogen-bond donors (Lipinski definition) is 2. The number of unbranched alkanes of at least 4 members (excludes halogenated alkanes) is 1. The average molecular weight is 257 g/mol. The fourth-order valence-electron chi connectivity index (χ4n) is 1.56. The van der Waals surface area contributed by atoms with E-state index >= 15 is 0 Å². The minimum atomic E-state index is -0.0839. The highest BCUT2D eigenvalue weighted by Crippen LogP contribution is 1.97. The Morgan fingerprint density at radius 3 is 2.39 bits per heavy atom. The number of hydrogen-bond acceptors (Lipinski definition) is 3. The summed E-state index contributed by atoms with van der Waals surface area (Å²) in [6.07, 6.45) is 3.27. The number of nitrogens with zero attached hydrogens (tertiary/aromatic N) is 1. The zero-order chi connectivity index (χ0) is 14.0. The molecule has 0 aliphatic rings. The molecule has 0 radical (unpaired) electrons. The Morgan fingerprint density at radius 2 is 1.83 bits per heavy atom. The van der Waals surface area contributed by atoms with Crippen LogP contribution in [0.25, 0.3) is 0 Å². The van der Waals surface area contributed by atoms with Crippen molar-refractivity contribution in [2.45, 2.75) is 59.0 Å². The predicted octanol–water partition coefficient (Wildman–Crippen LogP) is 1.61. The second-order valence-corrected chi connectivity index (χ2v) is 5.25. The third-order valence-corrected chi connectivity index (χ3v) is 3.21. The molecule has 1 unspecified atom stereocenters. The number of carbonyl (C=O) groups is 1. The van der Waals surface area contributed by atoms with Crippen LogP contribution in [0.2, 0.25) is 0 Å². The van der Waals surface area contributed by atoms with Gasteiger partial charge in [0.2, 0.25) is 5.91 Å². The van der Waals surface area contributed by atoms with E-state index in [1.54, 1.807) is 0 Å². The zero-order valence-electron chi connectivity index (χ0n) is 12.8. The molecule has 0 heterocycles. The summed E-state index contributed by atoms with van der Waals surface area (Å²) < 4.78 is 0. The van der Waals surface area contributed by atoms with Gasteiger partial charge in [0, 0.05) is 12.6 Å². The third kappa shape index (κ3) is 8.48. The zero-order valence-corrected chi connectivity index (χ0v) is 12.8. The van der Waals surface area contributed by atoms with Crippen molar-refractivity contribution in [1.82, 2.24) is 15.5 Å².